The minimum absolute atomic E-state index is 0.0776. The first-order chi connectivity index (χ1) is 17.2. The summed E-state index contributed by atoms with van der Waals surface area (Å²) in [6, 6.07) is 12.8. The molecule has 0 spiro atoms. The Balaban J connectivity index is 1.80. The molecule has 0 amide bonds. The SMILES string of the molecule is COc1ccccc1Oc1c(Cl)nc(-c2cc[n+]([O-])cc2)nc1NS(=O)(=O)c1ccc(C(C)C)cn1. The smallest absolute Gasteiger partial charge is 0.280 e. The summed E-state index contributed by atoms with van der Waals surface area (Å²) in [5.41, 5.74) is 1.33. The number of hydrogen-bond acceptors (Lipinski definition) is 8. The summed E-state index contributed by atoms with van der Waals surface area (Å²) in [6.45, 7) is 3.96. The Morgan fingerprint density at radius 3 is 2.33 bits per heavy atom. The fourth-order valence-corrected chi connectivity index (χ4v) is 4.30. The van der Waals surface area contributed by atoms with Crippen LogP contribution in [0, 0.1) is 5.21 Å². The van der Waals surface area contributed by atoms with Gasteiger partial charge in [0.25, 0.3) is 10.0 Å². The maximum atomic E-state index is 13.2. The number of nitrogens with one attached hydrogen (secondary N) is 1. The van der Waals surface area contributed by atoms with Crippen molar-refractivity contribution in [2.24, 2.45) is 0 Å². The van der Waals surface area contributed by atoms with E-state index in [0.717, 1.165) is 5.56 Å². The van der Waals surface area contributed by atoms with Gasteiger partial charge in [0.2, 0.25) is 5.75 Å². The fourth-order valence-electron chi connectivity index (χ4n) is 3.16. The van der Waals surface area contributed by atoms with Gasteiger partial charge in [-0.05, 0) is 29.7 Å². The quantitative estimate of drug-likeness (QED) is 0.200. The molecule has 36 heavy (non-hydrogen) atoms. The number of aromatic nitrogens is 4. The van der Waals surface area contributed by atoms with Gasteiger partial charge >= 0.3 is 0 Å². The van der Waals surface area contributed by atoms with E-state index in [4.69, 9.17) is 21.1 Å². The molecule has 4 aromatic rings. The van der Waals surface area contributed by atoms with Gasteiger partial charge in [-0.2, -0.15) is 13.1 Å². The molecule has 0 saturated heterocycles. The van der Waals surface area contributed by atoms with E-state index < -0.39 is 10.0 Å². The molecular weight excluding hydrogens is 506 g/mol. The van der Waals surface area contributed by atoms with Gasteiger partial charge in [0.1, 0.15) is 0 Å². The molecule has 1 N–H and O–H groups in total. The van der Waals surface area contributed by atoms with Crippen LogP contribution in [0.25, 0.3) is 11.4 Å². The normalized spacial score (nSPS) is 11.4. The third-order valence-corrected chi connectivity index (χ3v) is 6.61. The van der Waals surface area contributed by atoms with Crippen LogP contribution in [0.3, 0.4) is 0 Å². The number of halogens is 1. The van der Waals surface area contributed by atoms with Gasteiger partial charge in [-0.25, -0.2) is 15.0 Å². The number of hydrogen-bond donors (Lipinski definition) is 1. The van der Waals surface area contributed by atoms with Crippen molar-refractivity contribution in [2.45, 2.75) is 24.8 Å². The Labute approximate surface area is 213 Å². The molecule has 0 aliphatic rings. The van der Waals surface area contributed by atoms with Crippen LogP contribution >= 0.6 is 11.6 Å². The number of nitrogens with zero attached hydrogens (tertiary/aromatic N) is 4. The third-order valence-electron chi connectivity index (χ3n) is 5.10. The molecule has 0 radical (unpaired) electrons. The Bertz CT molecular complexity index is 1480. The summed E-state index contributed by atoms with van der Waals surface area (Å²) >= 11 is 6.46. The van der Waals surface area contributed by atoms with E-state index in [0.29, 0.717) is 16.0 Å². The van der Waals surface area contributed by atoms with Crippen molar-refractivity contribution in [1.29, 1.82) is 0 Å². The highest BCUT2D eigenvalue weighted by Gasteiger charge is 2.24. The fraction of sp³-hybridized carbons (Fsp3) is 0.167. The summed E-state index contributed by atoms with van der Waals surface area (Å²) in [6.07, 6.45) is 4.03. The first-order valence-electron chi connectivity index (χ1n) is 10.7. The summed E-state index contributed by atoms with van der Waals surface area (Å²) in [7, 11) is -2.71. The zero-order chi connectivity index (χ0) is 25.9. The van der Waals surface area contributed by atoms with Gasteiger partial charge in [0.05, 0.1) is 7.11 Å². The average molecular weight is 528 g/mol. The highest BCUT2D eigenvalue weighted by molar-refractivity contribution is 7.92. The number of rotatable bonds is 8. The Morgan fingerprint density at radius 2 is 1.72 bits per heavy atom. The minimum Gasteiger partial charge on any atom is -0.619 e. The lowest BCUT2D eigenvalue weighted by Crippen LogP contribution is -2.23. The first kappa shape index (κ1) is 25.1. The largest absolute Gasteiger partial charge is 0.619 e. The zero-order valence-electron chi connectivity index (χ0n) is 19.5. The molecule has 3 heterocycles. The third kappa shape index (κ3) is 5.47. The average Bonchev–Trinajstić information content (AvgIpc) is 2.86. The molecule has 0 saturated carbocycles. The lowest BCUT2D eigenvalue weighted by Gasteiger charge is -2.16. The van der Waals surface area contributed by atoms with Gasteiger partial charge in [-0.3, -0.25) is 4.72 Å². The van der Waals surface area contributed by atoms with Gasteiger partial charge in [-0.1, -0.05) is 43.6 Å². The molecule has 0 atom stereocenters. The standard InChI is InChI=1S/C24H22ClN5O5S/c1-15(2)17-8-9-20(26-14-17)36(32,33)29-24-21(35-19-7-5-4-6-18(19)34-3)22(25)27-23(28-24)16-10-12-30(31)13-11-16/h4-15H,1-3H3,(H,27,28,29). The Kier molecular flexibility index (Phi) is 7.22. The highest BCUT2D eigenvalue weighted by Crippen LogP contribution is 2.39. The van der Waals surface area contributed by atoms with E-state index in [1.165, 1.54) is 43.9 Å². The molecular formula is C24H22ClN5O5S. The van der Waals surface area contributed by atoms with E-state index >= 15 is 0 Å². The van der Waals surface area contributed by atoms with Crippen LogP contribution in [-0.2, 0) is 10.0 Å². The van der Waals surface area contributed by atoms with Crippen molar-refractivity contribution in [3.8, 4) is 28.6 Å². The predicted octanol–water partition coefficient (Wildman–Crippen LogP) is 4.55. The molecule has 3 aromatic heterocycles. The lowest BCUT2D eigenvalue weighted by atomic mass is 10.1. The number of para-hydroxylation sites is 2. The van der Waals surface area contributed by atoms with Crippen molar-refractivity contribution >= 4 is 27.4 Å². The monoisotopic (exact) mass is 527 g/mol. The van der Waals surface area contributed by atoms with E-state index in [1.54, 1.807) is 30.3 Å². The van der Waals surface area contributed by atoms with Crippen molar-refractivity contribution < 1.29 is 22.6 Å². The number of ether oxygens (including phenoxy) is 2. The van der Waals surface area contributed by atoms with Crippen LogP contribution in [-0.4, -0.2) is 30.5 Å². The van der Waals surface area contributed by atoms with Crippen molar-refractivity contribution in [1.82, 2.24) is 15.0 Å². The maximum Gasteiger partial charge on any atom is 0.280 e. The van der Waals surface area contributed by atoms with Crippen LogP contribution in [0.2, 0.25) is 5.15 Å². The second-order valence-electron chi connectivity index (χ2n) is 7.91. The van der Waals surface area contributed by atoms with E-state index in [2.05, 4.69) is 19.7 Å². The van der Waals surface area contributed by atoms with Gasteiger partial charge in [0, 0.05) is 23.9 Å². The van der Waals surface area contributed by atoms with Crippen LogP contribution in [0.5, 0.6) is 17.2 Å². The zero-order valence-corrected chi connectivity index (χ0v) is 21.1. The summed E-state index contributed by atoms with van der Waals surface area (Å²) in [5.74, 6) is 0.566. The summed E-state index contributed by atoms with van der Waals surface area (Å²) in [5, 5.41) is 11.1. The van der Waals surface area contributed by atoms with Crippen LogP contribution < -0.4 is 18.9 Å². The molecule has 0 aliphatic heterocycles. The van der Waals surface area contributed by atoms with Crippen LogP contribution in [0.4, 0.5) is 5.82 Å². The molecule has 1 aromatic carbocycles. The van der Waals surface area contributed by atoms with Gasteiger partial charge in [0.15, 0.2) is 45.7 Å². The number of benzene rings is 1. The molecule has 186 valence electrons. The highest BCUT2D eigenvalue weighted by atomic mass is 35.5. The Hall–Kier alpha value is -3.96. The van der Waals surface area contributed by atoms with E-state index in [9.17, 15) is 13.6 Å². The molecule has 12 heteroatoms. The molecule has 0 aliphatic carbocycles. The lowest BCUT2D eigenvalue weighted by molar-refractivity contribution is -0.605. The van der Waals surface area contributed by atoms with Crippen LogP contribution in [0.1, 0.15) is 25.3 Å². The summed E-state index contributed by atoms with van der Waals surface area (Å²) < 4.78 is 40.7. The van der Waals surface area contributed by atoms with E-state index in [-0.39, 0.29) is 39.2 Å². The van der Waals surface area contributed by atoms with Gasteiger partial charge in [-0.15, -0.1) is 0 Å². The van der Waals surface area contributed by atoms with E-state index in [1.807, 2.05) is 13.8 Å². The number of pyridine rings is 2. The second kappa shape index (κ2) is 10.3. The van der Waals surface area contributed by atoms with Crippen LogP contribution in [0.15, 0.2) is 72.1 Å². The number of anilines is 1. The minimum atomic E-state index is -4.18. The van der Waals surface area contributed by atoms with Gasteiger partial charge < -0.3 is 14.7 Å². The molecule has 0 fully saturated rings. The maximum absolute atomic E-state index is 13.2. The predicted molar refractivity (Wildman–Crippen MR) is 134 cm³/mol. The van der Waals surface area contributed by atoms with Crippen molar-refractivity contribution in [3.05, 3.63) is 83.0 Å². The topological polar surface area (TPSA) is 130 Å². The Morgan fingerprint density at radius 1 is 1.03 bits per heavy atom. The van der Waals surface area contributed by atoms with Crippen molar-refractivity contribution in [2.75, 3.05) is 11.8 Å². The summed E-state index contributed by atoms with van der Waals surface area (Å²) in [4.78, 5) is 12.7. The van der Waals surface area contributed by atoms with Crippen molar-refractivity contribution in [3.63, 3.8) is 0 Å². The molecule has 0 bridgehead atoms. The number of sulfonamides is 1. The first-order valence-corrected chi connectivity index (χ1v) is 12.6. The molecule has 4 rings (SSSR count). The second-order valence-corrected chi connectivity index (χ2v) is 9.89. The molecule has 0 unspecified atom stereocenters. The molecule has 10 nitrogen and oxygen atoms in total. The number of methoxy groups -OCH3 is 1.